The van der Waals surface area contributed by atoms with Crippen LogP contribution < -0.4 is 5.32 Å². The van der Waals surface area contributed by atoms with Gasteiger partial charge in [0.25, 0.3) is 0 Å². The first-order valence-corrected chi connectivity index (χ1v) is 10.1. The summed E-state index contributed by atoms with van der Waals surface area (Å²) in [5.41, 5.74) is 3.27. The fourth-order valence-electron chi connectivity index (χ4n) is 3.35. The number of nitrogens with one attached hydrogen (secondary N) is 1. The van der Waals surface area contributed by atoms with E-state index in [4.69, 9.17) is 12.2 Å². The zero-order valence-corrected chi connectivity index (χ0v) is 17.7. The molecule has 1 saturated heterocycles. The molecule has 154 valence electrons. The molecule has 0 radical (unpaired) electrons. The minimum absolute atomic E-state index is 0.0611. The maximum Gasteiger partial charge on any atom is 0.242 e. The van der Waals surface area contributed by atoms with Gasteiger partial charge in [-0.15, -0.1) is 0 Å². The lowest BCUT2D eigenvalue weighted by atomic mass is 10.1. The van der Waals surface area contributed by atoms with E-state index in [0.717, 1.165) is 32.7 Å². The Hall–Kier alpha value is -2.51. The zero-order valence-electron chi connectivity index (χ0n) is 16.9. The van der Waals surface area contributed by atoms with Crippen molar-refractivity contribution in [1.82, 2.24) is 14.7 Å². The molecule has 5 nitrogen and oxygen atoms in total. The highest BCUT2D eigenvalue weighted by Crippen LogP contribution is 2.12. The van der Waals surface area contributed by atoms with Crippen LogP contribution in [-0.2, 0) is 11.3 Å². The summed E-state index contributed by atoms with van der Waals surface area (Å²) in [7, 11) is 1.78. The van der Waals surface area contributed by atoms with Gasteiger partial charge in [-0.3, -0.25) is 9.69 Å². The third kappa shape index (κ3) is 6.24. The topological polar surface area (TPSA) is 38.8 Å². The second-order valence-corrected chi connectivity index (χ2v) is 7.83. The molecule has 0 saturated carbocycles. The van der Waals surface area contributed by atoms with Crippen LogP contribution in [0.3, 0.4) is 0 Å². The van der Waals surface area contributed by atoms with Crippen molar-refractivity contribution in [2.75, 3.05) is 45.1 Å². The molecule has 1 heterocycles. The first kappa shape index (κ1) is 21.2. The fourth-order valence-corrected chi connectivity index (χ4v) is 3.53. The molecule has 0 spiro atoms. The highest BCUT2D eigenvalue weighted by Gasteiger charge is 2.22. The van der Waals surface area contributed by atoms with Crippen LogP contribution in [0.1, 0.15) is 11.1 Å². The molecule has 1 aliphatic rings. The maximum absolute atomic E-state index is 13.0. The third-order valence-electron chi connectivity index (χ3n) is 5.03. The van der Waals surface area contributed by atoms with Crippen LogP contribution in [0.25, 0.3) is 0 Å². The van der Waals surface area contributed by atoms with Crippen LogP contribution in [0, 0.1) is 12.7 Å². The van der Waals surface area contributed by atoms with Gasteiger partial charge in [0.15, 0.2) is 5.11 Å². The minimum atomic E-state index is -0.299. The van der Waals surface area contributed by atoms with E-state index < -0.39 is 0 Å². The van der Waals surface area contributed by atoms with Crippen LogP contribution in [0.2, 0.25) is 0 Å². The number of carbonyl (C=O) groups excluding carboxylic acids is 1. The molecule has 1 N–H and O–H groups in total. The summed E-state index contributed by atoms with van der Waals surface area (Å²) < 4.78 is 13.0. The maximum atomic E-state index is 13.0. The standard InChI is InChI=1S/C22H27FN4OS/c1-17-4-3-5-18(14-17)15-26-10-12-27(13-11-26)21(28)16-25(2)22(29)24-20-8-6-19(23)7-9-20/h3-9,14H,10-13,15-16H2,1-2H3,(H,24,29). The van der Waals surface area contributed by atoms with Gasteiger partial charge in [0.2, 0.25) is 5.91 Å². The summed E-state index contributed by atoms with van der Waals surface area (Å²) in [6, 6.07) is 14.5. The number of hydrogen-bond donors (Lipinski definition) is 1. The van der Waals surface area contributed by atoms with E-state index in [0.29, 0.717) is 10.8 Å². The van der Waals surface area contributed by atoms with E-state index in [-0.39, 0.29) is 18.3 Å². The highest BCUT2D eigenvalue weighted by atomic mass is 32.1. The zero-order chi connectivity index (χ0) is 20.8. The van der Waals surface area contributed by atoms with E-state index in [9.17, 15) is 9.18 Å². The lowest BCUT2D eigenvalue weighted by Crippen LogP contribution is -2.51. The predicted molar refractivity (Wildman–Crippen MR) is 118 cm³/mol. The summed E-state index contributed by atoms with van der Waals surface area (Å²) in [6.07, 6.45) is 0. The van der Waals surface area contributed by atoms with Crippen molar-refractivity contribution in [2.24, 2.45) is 0 Å². The number of benzene rings is 2. The number of rotatable bonds is 5. The van der Waals surface area contributed by atoms with E-state index in [1.165, 1.54) is 23.3 Å². The Kier molecular flexibility index (Phi) is 7.17. The molecule has 2 aromatic carbocycles. The Balaban J connectivity index is 1.44. The molecule has 0 bridgehead atoms. The molecule has 3 rings (SSSR count). The van der Waals surface area contributed by atoms with Crippen molar-refractivity contribution in [3.8, 4) is 0 Å². The molecule has 2 aromatic rings. The summed E-state index contributed by atoms with van der Waals surface area (Å²) in [4.78, 5) is 18.6. The number of nitrogens with zero attached hydrogens (tertiary/aromatic N) is 3. The van der Waals surface area contributed by atoms with E-state index in [1.54, 1.807) is 24.1 Å². The SMILES string of the molecule is Cc1cccc(CN2CCN(C(=O)CN(C)C(=S)Nc3ccc(F)cc3)CC2)c1. The van der Waals surface area contributed by atoms with Gasteiger partial charge in [-0.1, -0.05) is 29.8 Å². The molecule has 0 aliphatic carbocycles. The quantitative estimate of drug-likeness (QED) is 0.762. The number of aryl methyl sites for hydroxylation is 1. The van der Waals surface area contributed by atoms with Crippen LogP contribution in [-0.4, -0.2) is 65.5 Å². The molecule has 0 unspecified atom stereocenters. The number of piperazine rings is 1. The summed E-state index contributed by atoms with van der Waals surface area (Å²) in [6.45, 7) is 6.39. The Morgan fingerprint density at radius 2 is 1.83 bits per heavy atom. The van der Waals surface area contributed by atoms with Crippen molar-refractivity contribution in [3.63, 3.8) is 0 Å². The minimum Gasteiger partial charge on any atom is -0.343 e. The van der Waals surface area contributed by atoms with Crippen molar-refractivity contribution in [2.45, 2.75) is 13.5 Å². The smallest absolute Gasteiger partial charge is 0.242 e. The molecule has 1 fully saturated rings. The van der Waals surface area contributed by atoms with Gasteiger partial charge in [0, 0.05) is 45.5 Å². The van der Waals surface area contributed by atoms with Gasteiger partial charge in [0.1, 0.15) is 5.82 Å². The molecule has 0 atom stereocenters. The normalized spacial score (nSPS) is 14.5. The molecular formula is C22H27FN4OS. The van der Waals surface area contributed by atoms with Crippen LogP contribution >= 0.6 is 12.2 Å². The number of anilines is 1. The Morgan fingerprint density at radius 1 is 1.14 bits per heavy atom. The number of amides is 1. The first-order chi connectivity index (χ1) is 13.9. The monoisotopic (exact) mass is 414 g/mol. The summed E-state index contributed by atoms with van der Waals surface area (Å²) in [5, 5.41) is 3.46. The molecule has 0 aromatic heterocycles. The van der Waals surface area contributed by atoms with Gasteiger partial charge in [-0.2, -0.15) is 0 Å². The Bertz CT molecular complexity index is 850. The average Bonchev–Trinajstić information content (AvgIpc) is 2.70. The average molecular weight is 415 g/mol. The van der Waals surface area contributed by atoms with Crippen molar-refractivity contribution < 1.29 is 9.18 Å². The number of likely N-dealkylation sites (N-methyl/N-ethyl adjacent to an activating group) is 1. The first-order valence-electron chi connectivity index (χ1n) is 9.74. The fraction of sp³-hybridized carbons (Fsp3) is 0.364. The van der Waals surface area contributed by atoms with Gasteiger partial charge in [-0.05, 0) is 49.0 Å². The van der Waals surface area contributed by atoms with Crippen LogP contribution in [0.5, 0.6) is 0 Å². The van der Waals surface area contributed by atoms with Gasteiger partial charge in [0.05, 0.1) is 6.54 Å². The largest absolute Gasteiger partial charge is 0.343 e. The summed E-state index contributed by atoms with van der Waals surface area (Å²) >= 11 is 5.36. The van der Waals surface area contributed by atoms with Crippen molar-refractivity contribution >= 4 is 28.9 Å². The predicted octanol–water partition coefficient (Wildman–Crippen LogP) is 3.11. The lowest BCUT2D eigenvalue weighted by molar-refractivity contribution is -0.133. The Morgan fingerprint density at radius 3 is 2.48 bits per heavy atom. The third-order valence-corrected chi connectivity index (χ3v) is 5.44. The Labute approximate surface area is 177 Å². The number of carbonyl (C=O) groups is 1. The van der Waals surface area contributed by atoms with Gasteiger partial charge in [-0.25, -0.2) is 4.39 Å². The van der Waals surface area contributed by atoms with E-state index in [2.05, 4.69) is 41.4 Å². The highest BCUT2D eigenvalue weighted by molar-refractivity contribution is 7.80. The van der Waals surface area contributed by atoms with E-state index >= 15 is 0 Å². The number of thiocarbonyl (C=S) groups is 1. The van der Waals surface area contributed by atoms with E-state index in [1.807, 2.05) is 4.90 Å². The summed E-state index contributed by atoms with van der Waals surface area (Å²) in [5.74, 6) is -0.238. The molecular weight excluding hydrogens is 387 g/mol. The number of hydrogen-bond acceptors (Lipinski definition) is 3. The lowest BCUT2D eigenvalue weighted by Gasteiger charge is -2.35. The van der Waals surface area contributed by atoms with Crippen LogP contribution in [0.15, 0.2) is 48.5 Å². The van der Waals surface area contributed by atoms with Gasteiger partial charge < -0.3 is 15.1 Å². The second kappa shape index (κ2) is 9.80. The molecule has 7 heteroatoms. The van der Waals surface area contributed by atoms with Crippen molar-refractivity contribution in [1.29, 1.82) is 0 Å². The number of halogens is 1. The van der Waals surface area contributed by atoms with Crippen LogP contribution in [0.4, 0.5) is 10.1 Å². The molecule has 1 aliphatic heterocycles. The second-order valence-electron chi connectivity index (χ2n) is 7.44. The molecule has 29 heavy (non-hydrogen) atoms. The van der Waals surface area contributed by atoms with Gasteiger partial charge >= 0.3 is 0 Å². The van der Waals surface area contributed by atoms with Crippen molar-refractivity contribution in [3.05, 3.63) is 65.5 Å². The molecule has 1 amide bonds.